The van der Waals surface area contributed by atoms with Crippen LogP contribution in [0.2, 0.25) is 0 Å². The van der Waals surface area contributed by atoms with E-state index in [1.54, 1.807) is 38.7 Å². The summed E-state index contributed by atoms with van der Waals surface area (Å²) in [4.78, 5) is 26.3. The molecule has 2 amide bonds. The monoisotopic (exact) mass is 414 g/mol. The van der Waals surface area contributed by atoms with Gasteiger partial charge in [0.1, 0.15) is 11.4 Å². The molecule has 7 heteroatoms. The fourth-order valence-electron chi connectivity index (χ4n) is 2.73. The summed E-state index contributed by atoms with van der Waals surface area (Å²) in [6.07, 6.45) is 1.04. The first-order chi connectivity index (χ1) is 11.6. The molecule has 0 spiro atoms. The number of hydrogen-bond donors (Lipinski definition) is 1. The molecule has 1 fully saturated rings. The van der Waals surface area contributed by atoms with Gasteiger partial charge in [-0.25, -0.2) is 9.18 Å². The molecular formula is C18H24BrFN2O3. The second kappa shape index (κ2) is 7.72. The fraction of sp³-hybridized carbons (Fsp3) is 0.556. The van der Waals surface area contributed by atoms with Crippen LogP contribution in [0, 0.1) is 12.7 Å². The molecule has 1 saturated heterocycles. The van der Waals surface area contributed by atoms with Crippen LogP contribution in [-0.2, 0) is 4.74 Å². The average molecular weight is 415 g/mol. The summed E-state index contributed by atoms with van der Waals surface area (Å²) in [5.74, 6) is -0.659. The van der Waals surface area contributed by atoms with E-state index in [0.29, 0.717) is 28.7 Å². The molecule has 1 aromatic rings. The van der Waals surface area contributed by atoms with Crippen molar-refractivity contribution in [1.29, 1.82) is 0 Å². The van der Waals surface area contributed by atoms with Crippen molar-refractivity contribution in [1.82, 2.24) is 10.2 Å². The number of likely N-dealkylation sites (tertiary alicyclic amines) is 1. The van der Waals surface area contributed by atoms with Crippen LogP contribution in [0.3, 0.4) is 0 Å². The van der Waals surface area contributed by atoms with Gasteiger partial charge >= 0.3 is 6.09 Å². The van der Waals surface area contributed by atoms with Gasteiger partial charge in [-0.05, 0) is 74.2 Å². The van der Waals surface area contributed by atoms with E-state index in [2.05, 4.69) is 21.2 Å². The molecule has 0 radical (unpaired) electrons. The van der Waals surface area contributed by atoms with Gasteiger partial charge in [-0.2, -0.15) is 0 Å². The number of halogens is 2. The van der Waals surface area contributed by atoms with Crippen LogP contribution in [0.25, 0.3) is 0 Å². The van der Waals surface area contributed by atoms with Gasteiger partial charge in [0.2, 0.25) is 0 Å². The number of amides is 2. The second-order valence-corrected chi connectivity index (χ2v) is 8.17. The molecule has 25 heavy (non-hydrogen) atoms. The molecule has 0 aromatic heterocycles. The summed E-state index contributed by atoms with van der Waals surface area (Å²) in [7, 11) is 0. The number of benzene rings is 1. The Kier molecular flexibility index (Phi) is 6.08. The number of rotatable bonds is 2. The number of nitrogens with zero attached hydrogens (tertiary/aromatic N) is 1. The summed E-state index contributed by atoms with van der Waals surface area (Å²) < 4.78 is 19.7. The summed E-state index contributed by atoms with van der Waals surface area (Å²) in [6, 6.07) is 2.68. The number of carbonyl (C=O) groups excluding carboxylic acids is 2. The minimum atomic E-state index is -0.571. The standard InChI is InChI=1S/C18H24BrFN2O3/c1-11-8-14(19)13(9-15(11)20)16(23)22-7-5-6-12(10-22)21-17(24)25-18(2,3)4/h8-9,12H,5-7,10H2,1-4H3,(H,21,24)/t12-/m1/s1. The van der Waals surface area contributed by atoms with E-state index in [9.17, 15) is 14.0 Å². The molecule has 138 valence electrons. The van der Waals surface area contributed by atoms with Crippen LogP contribution in [-0.4, -0.2) is 41.6 Å². The van der Waals surface area contributed by atoms with Crippen molar-refractivity contribution >= 4 is 27.9 Å². The lowest BCUT2D eigenvalue weighted by molar-refractivity contribution is 0.0452. The lowest BCUT2D eigenvalue weighted by Gasteiger charge is -2.34. The van der Waals surface area contributed by atoms with Gasteiger partial charge in [0, 0.05) is 23.6 Å². The number of alkyl carbamates (subject to hydrolysis) is 1. The number of nitrogens with one attached hydrogen (secondary N) is 1. The van der Waals surface area contributed by atoms with Gasteiger partial charge in [-0.3, -0.25) is 4.79 Å². The highest BCUT2D eigenvalue weighted by molar-refractivity contribution is 9.10. The van der Waals surface area contributed by atoms with Crippen molar-refractivity contribution in [3.05, 3.63) is 33.5 Å². The van der Waals surface area contributed by atoms with Crippen molar-refractivity contribution in [2.75, 3.05) is 13.1 Å². The van der Waals surface area contributed by atoms with E-state index < -0.39 is 17.5 Å². The van der Waals surface area contributed by atoms with Gasteiger partial charge in [0.05, 0.1) is 5.56 Å². The Bertz CT molecular complexity index is 673. The Morgan fingerprint density at radius 1 is 1.36 bits per heavy atom. The average Bonchev–Trinajstić information content (AvgIpc) is 2.48. The number of piperidine rings is 1. The zero-order valence-electron chi connectivity index (χ0n) is 15.0. The molecule has 0 bridgehead atoms. The summed E-state index contributed by atoms with van der Waals surface area (Å²) >= 11 is 3.33. The number of carbonyl (C=O) groups is 2. The minimum Gasteiger partial charge on any atom is -0.444 e. The quantitative estimate of drug-likeness (QED) is 0.794. The van der Waals surface area contributed by atoms with Crippen LogP contribution in [0.4, 0.5) is 9.18 Å². The SMILES string of the molecule is Cc1cc(Br)c(C(=O)N2CCC[C@@H](NC(=O)OC(C)(C)C)C2)cc1F. The summed E-state index contributed by atoms with van der Waals surface area (Å²) in [5, 5.41) is 2.81. The van der Waals surface area contributed by atoms with Crippen LogP contribution in [0.15, 0.2) is 16.6 Å². The Balaban J connectivity index is 2.04. The van der Waals surface area contributed by atoms with Gasteiger partial charge in [0.15, 0.2) is 0 Å². The Morgan fingerprint density at radius 2 is 2.04 bits per heavy atom. The van der Waals surface area contributed by atoms with Crippen molar-refractivity contribution in [3.63, 3.8) is 0 Å². The topological polar surface area (TPSA) is 58.6 Å². The van der Waals surface area contributed by atoms with Gasteiger partial charge in [0.25, 0.3) is 5.91 Å². The zero-order valence-corrected chi connectivity index (χ0v) is 16.6. The first-order valence-electron chi connectivity index (χ1n) is 8.31. The van der Waals surface area contributed by atoms with Crippen LogP contribution in [0.5, 0.6) is 0 Å². The second-order valence-electron chi connectivity index (χ2n) is 7.32. The van der Waals surface area contributed by atoms with Crippen LogP contribution >= 0.6 is 15.9 Å². The third-order valence-corrected chi connectivity index (χ3v) is 4.56. The molecule has 1 aliphatic heterocycles. The van der Waals surface area contributed by atoms with Gasteiger partial charge in [-0.15, -0.1) is 0 Å². The molecule has 1 atom stereocenters. The van der Waals surface area contributed by atoms with E-state index in [4.69, 9.17) is 4.74 Å². The van der Waals surface area contributed by atoms with E-state index >= 15 is 0 Å². The van der Waals surface area contributed by atoms with E-state index in [1.165, 1.54) is 6.07 Å². The smallest absolute Gasteiger partial charge is 0.407 e. The Labute approximate surface area is 156 Å². The normalized spacial score (nSPS) is 18.0. The van der Waals surface area contributed by atoms with E-state index in [1.807, 2.05) is 0 Å². The summed E-state index contributed by atoms with van der Waals surface area (Å²) in [6.45, 7) is 8.00. The number of aryl methyl sites for hydroxylation is 1. The van der Waals surface area contributed by atoms with Crippen LogP contribution in [0.1, 0.15) is 49.5 Å². The predicted molar refractivity (Wildman–Crippen MR) is 97.1 cm³/mol. The molecular weight excluding hydrogens is 391 g/mol. The van der Waals surface area contributed by atoms with Crippen molar-refractivity contribution in [2.45, 2.75) is 52.2 Å². The zero-order chi connectivity index (χ0) is 18.8. The minimum absolute atomic E-state index is 0.179. The highest BCUT2D eigenvalue weighted by Crippen LogP contribution is 2.24. The van der Waals surface area contributed by atoms with E-state index in [0.717, 1.165) is 12.8 Å². The maximum absolute atomic E-state index is 13.8. The van der Waals surface area contributed by atoms with Crippen molar-refractivity contribution < 1.29 is 18.7 Å². The molecule has 5 nitrogen and oxygen atoms in total. The number of hydrogen-bond acceptors (Lipinski definition) is 3. The highest BCUT2D eigenvalue weighted by Gasteiger charge is 2.28. The van der Waals surface area contributed by atoms with Gasteiger partial charge in [-0.1, -0.05) is 0 Å². The molecule has 0 saturated carbocycles. The van der Waals surface area contributed by atoms with E-state index in [-0.39, 0.29) is 11.9 Å². The van der Waals surface area contributed by atoms with Crippen molar-refractivity contribution in [2.24, 2.45) is 0 Å². The van der Waals surface area contributed by atoms with Crippen LogP contribution < -0.4 is 5.32 Å². The lowest BCUT2D eigenvalue weighted by atomic mass is 10.0. The summed E-state index contributed by atoms with van der Waals surface area (Å²) in [5.41, 5.74) is 0.200. The Morgan fingerprint density at radius 3 is 2.68 bits per heavy atom. The molecule has 1 heterocycles. The molecule has 2 rings (SSSR count). The Hall–Kier alpha value is -1.63. The lowest BCUT2D eigenvalue weighted by Crippen LogP contribution is -2.50. The molecule has 1 N–H and O–H groups in total. The number of ether oxygens (including phenoxy) is 1. The fourth-order valence-corrected chi connectivity index (χ4v) is 3.36. The maximum atomic E-state index is 13.8. The largest absolute Gasteiger partial charge is 0.444 e. The van der Waals surface area contributed by atoms with Gasteiger partial charge < -0.3 is 15.0 Å². The first-order valence-corrected chi connectivity index (χ1v) is 9.10. The molecule has 0 aliphatic carbocycles. The molecule has 0 unspecified atom stereocenters. The molecule has 1 aliphatic rings. The van der Waals surface area contributed by atoms with Crippen molar-refractivity contribution in [3.8, 4) is 0 Å². The highest BCUT2D eigenvalue weighted by atomic mass is 79.9. The predicted octanol–water partition coefficient (Wildman–Crippen LogP) is 4.03. The third-order valence-electron chi connectivity index (χ3n) is 3.91. The maximum Gasteiger partial charge on any atom is 0.407 e. The first kappa shape index (κ1) is 19.7. The third kappa shape index (κ3) is 5.42. The molecule has 1 aromatic carbocycles.